The summed E-state index contributed by atoms with van der Waals surface area (Å²) in [5.41, 5.74) is 2.32. The molecule has 1 aliphatic heterocycles. The lowest BCUT2D eigenvalue weighted by atomic mass is 10.0. The van der Waals surface area contributed by atoms with Crippen LogP contribution in [0.4, 0.5) is 0 Å². The molecule has 0 aliphatic carbocycles. The standard InChI is InChI=1S/C18H21ClN2OS/c1-12(14-5-3-4-6-16(14)19)20-18(22)11-21-9-7-17-15(13(21)2)8-10-23-17/h3-6,8,10,12-13H,7,9,11H2,1-2H3,(H,20,22)/t12-,13+/m0/s1. The maximum atomic E-state index is 12.4. The molecule has 0 bridgehead atoms. The van der Waals surface area contributed by atoms with Gasteiger partial charge in [0.25, 0.3) is 0 Å². The summed E-state index contributed by atoms with van der Waals surface area (Å²) in [6, 6.07) is 10.0. The molecule has 23 heavy (non-hydrogen) atoms. The normalized spacial score (nSPS) is 19.2. The van der Waals surface area contributed by atoms with Crippen molar-refractivity contribution in [3.8, 4) is 0 Å². The first kappa shape index (κ1) is 16.5. The molecule has 0 spiro atoms. The maximum absolute atomic E-state index is 12.4. The summed E-state index contributed by atoms with van der Waals surface area (Å²) in [7, 11) is 0. The van der Waals surface area contributed by atoms with Gasteiger partial charge in [-0.1, -0.05) is 29.8 Å². The van der Waals surface area contributed by atoms with Crippen LogP contribution in [-0.4, -0.2) is 23.9 Å². The number of halogens is 1. The van der Waals surface area contributed by atoms with Crippen LogP contribution >= 0.6 is 22.9 Å². The number of hydrogen-bond donors (Lipinski definition) is 1. The van der Waals surface area contributed by atoms with Crippen molar-refractivity contribution >= 4 is 28.8 Å². The number of amides is 1. The molecule has 1 N–H and O–H groups in total. The summed E-state index contributed by atoms with van der Waals surface area (Å²) in [6.45, 7) is 5.50. The predicted molar refractivity (Wildman–Crippen MR) is 96.0 cm³/mol. The zero-order valence-corrected chi connectivity index (χ0v) is 15.0. The SMILES string of the molecule is C[C@H](NC(=O)CN1CCc2sccc2[C@H]1C)c1ccccc1Cl. The summed E-state index contributed by atoms with van der Waals surface area (Å²) in [4.78, 5) is 16.1. The first-order valence-corrected chi connectivity index (χ1v) is 9.16. The van der Waals surface area contributed by atoms with Crippen LogP contribution in [0.2, 0.25) is 5.02 Å². The highest BCUT2D eigenvalue weighted by molar-refractivity contribution is 7.10. The molecular formula is C18H21ClN2OS. The molecule has 1 amide bonds. The van der Waals surface area contributed by atoms with Gasteiger partial charge < -0.3 is 5.32 Å². The van der Waals surface area contributed by atoms with Gasteiger partial charge in [-0.05, 0) is 48.9 Å². The second-order valence-corrected chi connectivity index (χ2v) is 7.41. The second kappa shape index (κ2) is 7.04. The molecule has 0 radical (unpaired) electrons. The Labute approximate surface area is 146 Å². The average Bonchev–Trinajstić information content (AvgIpc) is 3.00. The third-order valence-electron chi connectivity index (χ3n) is 4.50. The third-order valence-corrected chi connectivity index (χ3v) is 5.84. The fourth-order valence-electron chi connectivity index (χ4n) is 3.15. The van der Waals surface area contributed by atoms with Crippen molar-refractivity contribution in [2.75, 3.05) is 13.1 Å². The first-order valence-electron chi connectivity index (χ1n) is 7.90. The van der Waals surface area contributed by atoms with Gasteiger partial charge in [0.15, 0.2) is 0 Å². The van der Waals surface area contributed by atoms with Crippen molar-refractivity contribution in [3.63, 3.8) is 0 Å². The van der Waals surface area contributed by atoms with Crippen LogP contribution in [0.1, 0.15) is 41.9 Å². The highest BCUT2D eigenvalue weighted by atomic mass is 35.5. The van der Waals surface area contributed by atoms with Crippen LogP contribution in [0.5, 0.6) is 0 Å². The number of nitrogens with zero attached hydrogens (tertiary/aromatic N) is 1. The minimum Gasteiger partial charge on any atom is -0.348 e. The number of thiophene rings is 1. The summed E-state index contributed by atoms with van der Waals surface area (Å²) < 4.78 is 0. The molecule has 1 aromatic carbocycles. The number of nitrogens with one attached hydrogen (secondary N) is 1. The molecule has 0 saturated heterocycles. The monoisotopic (exact) mass is 348 g/mol. The smallest absolute Gasteiger partial charge is 0.234 e. The minimum absolute atomic E-state index is 0.0444. The van der Waals surface area contributed by atoms with Crippen LogP contribution < -0.4 is 5.32 Å². The highest BCUT2D eigenvalue weighted by Gasteiger charge is 2.26. The molecule has 1 aromatic heterocycles. The Balaban J connectivity index is 1.61. The molecule has 0 saturated carbocycles. The van der Waals surface area contributed by atoms with Gasteiger partial charge in [0.05, 0.1) is 12.6 Å². The van der Waals surface area contributed by atoms with Crippen molar-refractivity contribution in [1.82, 2.24) is 10.2 Å². The fourth-order valence-corrected chi connectivity index (χ4v) is 4.42. The molecule has 2 aromatic rings. The van der Waals surface area contributed by atoms with Gasteiger partial charge in [0.1, 0.15) is 0 Å². The van der Waals surface area contributed by atoms with Gasteiger partial charge in [0, 0.05) is 22.5 Å². The second-order valence-electron chi connectivity index (χ2n) is 6.01. The largest absolute Gasteiger partial charge is 0.348 e. The lowest BCUT2D eigenvalue weighted by Gasteiger charge is -2.33. The van der Waals surface area contributed by atoms with E-state index in [9.17, 15) is 4.79 Å². The van der Waals surface area contributed by atoms with Gasteiger partial charge in [-0.2, -0.15) is 0 Å². The van der Waals surface area contributed by atoms with E-state index < -0.39 is 0 Å². The van der Waals surface area contributed by atoms with Gasteiger partial charge in [0.2, 0.25) is 5.91 Å². The van der Waals surface area contributed by atoms with Crippen molar-refractivity contribution < 1.29 is 4.79 Å². The summed E-state index contributed by atoms with van der Waals surface area (Å²) in [5, 5.41) is 5.89. The molecule has 5 heteroatoms. The van der Waals surface area contributed by atoms with Crippen LogP contribution in [-0.2, 0) is 11.2 Å². The third kappa shape index (κ3) is 3.60. The van der Waals surface area contributed by atoms with Gasteiger partial charge >= 0.3 is 0 Å². The fraction of sp³-hybridized carbons (Fsp3) is 0.389. The maximum Gasteiger partial charge on any atom is 0.234 e. The molecular weight excluding hydrogens is 328 g/mol. The Kier molecular flexibility index (Phi) is 5.05. The number of carbonyl (C=O) groups excluding carboxylic acids is 1. The van der Waals surface area contributed by atoms with Crippen LogP contribution in [0.15, 0.2) is 35.7 Å². The molecule has 1 aliphatic rings. The molecule has 2 atom stereocenters. The number of fused-ring (bicyclic) bond motifs is 1. The van der Waals surface area contributed by atoms with E-state index >= 15 is 0 Å². The molecule has 3 rings (SSSR count). The lowest BCUT2D eigenvalue weighted by Crippen LogP contribution is -2.42. The topological polar surface area (TPSA) is 32.3 Å². The van der Waals surface area contributed by atoms with E-state index in [0.717, 1.165) is 18.5 Å². The first-order chi connectivity index (χ1) is 11.1. The van der Waals surface area contributed by atoms with Crippen molar-refractivity contribution in [3.05, 3.63) is 56.7 Å². The lowest BCUT2D eigenvalue weighted by molar-refractivity contribution is -0.123. The molecule has 122 valence electrons. The van der Waals surface area contributed by atoms with Crippen molar-refractivity contribution in [2.45, 2.75) is 32.4 Å². The molecule has 0 unspecified atom stereocenters. The molecule has 2 heterocycles. The van der Waals surface area contributed by atoms with Crippen LogP contribution in [0.3, 0.4) is 0 Å². The van der Waals surface area contributed by atoms with Crippen LogP contribution in [0.25, 0.3) is 0 Å². The van der Waals surface area contributed by atoms with E-state index in [2.05, 4.69) is 28.6 Å². The quantitative estimate of drug-likeness (QED) is 0.898. The van der Waals surface area contributed by atoms with E-state index in [1.54, 1.807) is 0 Å². The van der Waals surface area contributed by atoms with Gasteiger partial charge in [-0.25, -0.2) is 0 Å². The van der Waals surface area contributed by atoms with E-state index in [4.69, 9.17) is 11.6 Å². The number of rotatable bonds is 4. The van der Waals surface area contributed by atoms with Gasteiger partial charge in [-0.15, -0.1) is 11.3 Å². The average molecular weight is 349 g/mol. The Morgan fingerprint density at radius 2 is 2.22 bits per heavy atom. The number of carbonyl (C=O) groups is 1. The molecule has 0 fully saturated rings. The Morgan fingerprint density at radius 1 is 1.43 bits per heavy atom. The zero-order chi connectivity index (χ0) is 16.4. The van der Waals surface area contributed by atoms with Crippen LogP contribution in [0, 0.1) is 0 Å². The summed E-state index contributed by atoms with van der Waals surface area (Å²) >= 11 is 8.02. The Hall–Kier alpha value is -1.36. The van der Waals surface area contributed by atoms with Gasteiger partial charge in [-0.3, -0.25) is 9.69 Å². The van der Waals surface area contributed by atoms with E-state index in [1.165, 1.54) is 10.4 Å². The number of benzene rings is 1. The van der Waals surface area contributed by atoms with E-state index in [1.807, 2.05) is 42.5 Å². The summed E-state index contributed by atoms with van der Waals surface area (Å²) in [5.74, 6) is 0.0444. The predicted octanol–water partition coefficient (Wildman–Crippen LogP) is 4.20. The zero-order valence-electron chi connectivity index (χ0n) is 13.4. The summed E-state index contributed by atoms with van der Waals surface area (Å²) in [6.07, 6.45) is 1.03. The van der Waals surface area contributed by atoms with Crippen molar-refractivity contribution in [2.24, 2.45) is 0 Å². The van der Waals surface area contributed by atoms with Crippen molar-refractivity contribution in [1.29, 1.82) is 0 Å². The Morgan fingerprint density at radius 3 is 3.00 bits per heavy atom. The highest BCUT2D eigenvalue weighted by Crippen LogP contribution is 2.32. The van der Waals surface area contributed by atoms with E-state index in [0.29, 0.717) is 17.6 Å². The minimum atomic E-state index is -0.0898. The molecule has 3 nitrogen and oxygen atoms in total. The Bertz CT molecular complexity index is 700. The van der Waals surface area contributed by atoms with E-state index in [-0.39, 0.29) is 11.9 Å². The number of hydrogen-bond acceptors (Lipinski definition) is 3.